The van der Waals surface area contributed by atoms with Crippen LogP contribution in [-0.2, 0) is 19.6 Å². The lowest BCUT2D eigenvalue weighted by atomic mass is 10.2. The van der Waals surface area contributed by atoms with E-state index in [0.29, 0.717) is 22.6 Å². The number of carbonyl (C=O) groups is 2. The summed E-state index contributed by atoms with van der Waals surface area (Å²) in [4.78, 5) is 23.8. The summed E-state index contributed by atoms with van der Waals surface area (Å²) in [6.07, 6.45) is 0.651. The molecule has 2 amide bonds. The Labute approximate surface area is 150 Å². The molecule has 26 heavy (non-hydrogen) atoms. The van der Waals surface area contributed by atoms with Crippen LogP contribution in [-0.4, -0.2) is 26.5 Å². The van der Waals surface area contributed by atoms with Gasteiger partial charge < -0.3 is 10.6 Å². The van der Waals surface area contributed by atoms with E-state index in [4.69, 9.17) is 5.26 Å². The molecule has 3 N–H and O–H groups in total. The topological polar surface area (TPSA) is 128 Å². The lowest BCUT2D eigenvalue weighted by Crippen LogP contribution is -2.21. The van der Waals surface area contributed by atoms with Gasteiger partial charge in [-0.2, -0.15) is 5.26 Å². The van der Waals surface area contributed by atoms with Gasteiger partial charge in [-0.15, -0.1) is 0 Å². The van der Waals surface area contributed by atoms with Gasteiger partial charge in [-0.1, -0.05) is 0 Å². The fourth-order valence-electron chi connectivity index (χ4n) is 2.02. The molecule has 0 atom stereocenters. The van der Waals surface area contributed by atoms with Gasteiger partial charge in [0.15, 0.2) is 0 Å². The molecule has 2 aromatic rings. The van der Waals surface area contributed by atoms with Crippen LogP contribution >= 0.6 is 0 Å². The Morgan fingerprint density at radius 1 is 0.885 bits per heavy atom. The van der Waals surface area contributed by atoms with Gasteiger partial charge in [0.1, 0.15) is 6.42 Å². The molecule has 0 aliphatic carbocycles. The van der Waals surface area contributed by atoms with Crippen LogP contribution in [0.1, 0.15) is 12.0 Å². The molecule has 0 fully saturated rings. The number of carbonyl (C=O) groups excluding carboxylic acids is 2. The van der Waals surface area contributed by atoms with E-state index in [-0.39, 0.29) is 6.42 Å². The van der Waals surface area contributed by atoms with Crippen LogP contribution in [0.25, 0.3) is 0 Å². The molecular formula is C17H16N4O4S. The summed E-state index contributed by atoms with van der Waals surface area (Å²) in [6.45, 7) is 0. The van der Waals surface area contributed by atoms with E-state index < -0.39 is 21.8 Å². The average molecular weight is 372 g/mol. The highest BCUT2D eigenvalue weighted by Gasteiger charge is 2.10. The number of hydrogen-bond acceptors (Lipinski definition) is 5. The van der Waals surface area contributed by atoms with Crippen LogP contribution in [0.3, 0.4) is 0 Å². The van der Waals surface area contributed by atoms with Crippen molar-refractivity contribution in [2.75, 3.05) is 21.6 Å². The summed E-state index contributed by atoms with van der Waals surface area (Å²) in [5.74, 6) is -1.01. The maximum atomic E-state index is 11.9. The highest BCUT2D eigenvalue weighted by molar-refractivity contribution is 7.92. The van der Waals surface area contributed by atoms with E-state index in [1.807, 2.05) is 6.07 Å². The SMILES string of the molecule is CS(=O)(=O)Nc1ccc(NC(=O)CC(=O)Nc2ccc(C#N)cc2)cc1. The van der Waals surface area contributed by atoms with E-state index >= 15 is 0 Å². The van der Waals surface area contributed by atoms with Crippen LogP contribution in [0.15, 0.2) is 48.5 Å². The third kappa shape index (κ3) is 6.26. The number of hydrogen-bond donors (Lipinski definition) is 3. The molecule has 2 rings (SSSR count). The largest absolute Gasteiger partial charge is 0.326 e. The molecule has 2 aromatic carbocycles. The smallest absolute Gasteiger partial charge is 0.233 e. The number of nitrogens with zero attached hydrogens (tertiary/aromatic N) is 1. The second kappa shape index (κ2) is 8.13. The zero-order valence-electron chi connectivity index (χ0n) is 13.8. The molecule has 0 radical (unpaired) electrons. The summed E-state index contributed by atoms with van der Waals surface area (Å²) in [5.41, 5.74) is 1.75. The third-order valence-corrected chi connectivity index (χ3v) is 3.70. The first kappa shape index (κ1) is 19.0. The second-order valence-corrected chi connectivity index (χ2v) is 7.16. The quantitative estimate of drug-likeness (QED) is 0.667. The lowest BCUT2D eigenvalue weighted by Gasteiger charge is -2.08. The molecule has 8 nitrogen and oxygen atoms in total. The van der Waals surface area contributed by atoms with Gasteiger partial charge in [0.05, 0.1) is 17.9 Å². The molecule has 0 spiro atoms. The summed E-state index contributed by atoms with van der Waals surface area (Å²) < 4.78 is 24.6. The van der Waals surface area contributed by atoms with Crippen molar-refractivity contribution in [3.05, 3.63) is 54.1 Å². The molecular weight excluding hydrogens is 356 g/mol. The Kier molecular flexibility index (Phi) is 5.93. The standard InChI is InChI=1S/C17H16N4O4S/c1-26(24,25)21-15-8-6-14(7-9-15)20-17(23)10-16(22)19-13-4-2-12(11-18)3-5-13/h2-9,21H,10H2,1H3,(H,19,22)(H,20,23). The monoisotopic (exact) mass is 372 g/mol. The van der Waals surface area contributed by atoms with Gasteiger partial charge >= 0.3 is 0 Å². The fraction of sp³-hybridized carbons (Fsp3) is 0.118. The molecule has 0 aliphatic rings. The first-order chi connectivity index (χ1) is 12.2. The van der Waals surface area contributed by atoms with Crippen molar-refractivity contribution in [2.45, 2.75) is 6.42 Å². The first-order valence-electron chi connectivity index (χ1n) is 7.43. The minimum atomic E-state index is -3.37. The van der Waals surface area contributed by atoms with Gasteiger partial charge in [-0.25, -0.2) is 8.42 Å². The number of nitrogens with one attached hydrogen (secondary N) is 3. The van der Waals surface area contributed by atoms with E-state index in [1.54, 1.807) is 24.3 Å². The number of rotatable bonds is 6. The predicted octanol–water partition coefficient (Wildman–Crippen LogP) is 1.90. The molecule has 134 valence electrons. The minimum Gasteiger partial charge on any atom is -0.326 e. The number of anilines is 3. The number of nitriles is 1. The molecule has 0 saturated heterocycles. The second-order valence-electron chi connectivity index (χ2n) is 5.41. The van der Waals surface area contributed by atoms with Gasteiger partial charge in [0.2, 0.25) is 21.8 Å². The van der Waals surface area contributed by atoms with Crippen molar-refractivity contribution in [2.24, 2.45) is 0 Å². The van der Waals surface area contributed by atoms with Crippen molar-refractivity contribution in [1.29, 1.82) is 5.26 Å². The predicted molar refractivity (Wildman–Crippen MR) is 97.9 cm³/mol. The van der Waals surface area contributed by atoms with Gasteiger partial charge in [0.25, 0.3) is 0 Å². The maximum absolute atomic E-state index is 11.9. The van der Waals surface area contributed by atoms with Gasteiger partial charge in [-0.3, -0.25) is 14.3 Å². The van der Waals surface area contributed by atoms with E-state index in [2.05, 4.69) is 15.4 Å². The van der Waals surface area contributed by atoms with Crippen molar-refractivity contribution in [3.63, 3.8) is 0 Å². The van der Waals surface area contributed by atoms with Crippen molar-refractivity contribution in [1.82, 2.24) is 0 Å². The van der Waals surface area contributed by atoms with Gasteiger partial charge in [-0.05, 0) is 48.5 Å². The Morgan fingerprint density at radius 3 is 1.73 bits per heavy atom. The zero-order valence-corrected chi connectivity index (χ0v) is 14.6. The van der Waals surface area contributed by atoms with Crippen LogP contribution in [0.4, 0.5) is 17.1 Å². The van der Waals surface area contributed by atoms with Crippen LogP contribution < -0.4 is 15.4 Å². The molecule has 0 bridgehead atoms. The number of benzene rings is 2. The highest BCUT2D eigenvalue weighted by Crippen LogP contribution is 2.15. The van der Waals surface area contributed by atoms with Crippen LogP contribution in [0.2, 0.25) is 0 Å². The molecule has 0 saturated carbocycles. The summed E-state index contributed by atoms with van der Waals surface area (Å²) >= 11 is 0. The van der Waals surface area contributed by atoms with E-state index in [1.165, 1.54) is 24.3 Å². The average Bonchev–Trinajstić information content (AvgIpc) is 2.56. The normalized spacial score (nSPS) is 10.5. The number of amides is 2. The van der Waals surface area contributed by atoms with E-state index in [9.17, 15) is 18.0 Å². The molecule has 0 unspecified atom stereocenters. The van der Waals surface area contributed by atoms with Gasteiger partial charge in [0, 0.05) is 17.1 Å². The molecule has 0 aromatic heterocycles. The molecule has 9 heteroatoms. The van der Waals surface area contributed by atoms with Crippen molar-refractivity contribution in [3.8, 4) is 6.07 Å². The third-order valence-electron chi connectivity index (χ3n) is 3.09. The maximum Gasteiger partial charge on any atom is 0.233 e. The summed E-state index contributed by atoms with van der Waals surface area (Å²) in [7, 11) is -3.37. The molecule has 0 heterocycles. The highest BCUT2D eigenvalue weighted by atomic mass is 32.2. The Balaban J connectivity index is 1.87. The molecule has 0 aliphatic heterocycles. The summed E-state index contributed by atoms with van der Waals surface area (Å²) in [6, 6.07) is 14.2. The van der Waals surface area contributed by atoms with Crippen molar-refractivity contribution >= 4 is 38.9 Å². The fourth-order valence-corrected chi connectivity index (χ4v) is 2.58. The Hall–Kier alpha value is -3.38. The Morgan fingerprint density at radius 2 is 1.31 bits per heavy atom. The van der Waals surface area contributed by atoms with E-state index in [0.717, 1.165) is 6.26 Å². The minimum absolute atomic E-state index is 0.365. The first-order valence-corrected chi connectivity index (χ1v) is 9.32. The number of sulfonamides is 1. The lowest BCUT2D eigenvalue weighted by molar-refractivity contribution is -0.123. The summed E-state index contributed by atoms with van der Waals surface area (Å²) in [5, 5.41) is 13.8. The van der Waals surface area contributed by atoms with Crippen molar-refractivity contribution < 1.29 is 18.0 Å². The Bertz CT molecular complexity index is 946. The van der Waals surface area contributed by atoms with Crippen LogP contribution in [0, 0.1) is 11.3 Å². The van der Waals surface area contributed by atoms with Crippen LogP contribution in [0.5, 0.6) is 0 Å². The zero-order chi connectivity index (χ0) is 19.2.